The predicted octanol–water partition coefficient (Wildman–Crippen LogP) is 4.94. The fraction of sp³-hybridized carbons (Fsp3) is 0. The van der Waals surface area contributed by atoms with Crippen molar-refractivity contribution in [2.75, 3.05) is 0 Å². The fourth-order valence-corrected chi connectivity index (χ4v) is 1.67. The molecule has 0 saturated carbocycles. The summed E-state index contributed by atoms with van der Waals surface area (Å²) in [7, 11) is 0. The molecule has 0 spiro atoms. The normalized spacial score (nSPS) is 10.5. The standard InChI is InChI=1S/C12H6Cl2F2/c13-8-2-4-11(15)9(6-8)7-1-3-10(14)12(16)5-7/h1-6H. The van der Waals surface area contributed by atoms with Gasteiger partial charge in [-0.05, 0) is 35.9 Å². The Morgan fingerprint density at radius 3 is 2.25 bits per heavy atom. The molecular formula is C12H6Cl2F2. The van der Waals surface area contributed by atoms with Gasteiger partial charge in [-0.3, -0.25) is 0 Å². The molecule has 2 rings (SSSR count). The maximum atomic E-state index is 13.5. The number of rotatable bonds is 1. The molecule has 4 heteroatoms. The minimum atomic E-state index is -0.585. The van der Waals surface area contributed by atoms with Crippen LogP contribution >= 0.6 is 23.2 Å². The zero-order chi connectivity index (χ0) is 11.7. The molecule has 0 saturated heterocycles. The molecule has 2 aromatic carbocycles. The largest absolute Gasteiger partial charge is 0.206 e. The van der Waals surface area contributed by atoms with E-state index in [0.717, 1.165) is 0 Å². The molecule has 0 bridgehead atoms. The SMILES string of the molecule is Fc1cc(-c2cc(Cl)ccc2F)ccc1Cl. The van der Waals surface area contributed by atoms with Crippen LogP contribution in [0.25, 0.3) is 11.1 Å². The van der Waals surface area contributed by atoms with E-state index in [9.17, 15) is 8.78 Å². The third-order valence-corrected chi connectivity index (χ3v) is 2.70. The lowest BCUT2D eigenvalue weighted by Crippen LogP contribution is -1.86. The van der Waals surface area contributed by atoms with Crippen LogP contribution in [0.15, 0.2) is 36.4 Å². The van der Waals surface area contributed by atoms with E-state index in [1.165, 1.54) is 30.3 Å². The van der Waals surface area contributed by atoms with Gasteiger partial charge in [-0.15, -0.1) is 0 Å². The van der Waals surface area contributed by atoms with E-state index in [-0.39, 0.29) is 10.6 Å². The second-order valence-electron chi connectivity index (χ2n) is 3.25. The van der Waals surface area contributed by atoms with Crippen LogP contribution < -0.4 is 0 Å². The second-order valence-corrected chi connectivity index (χ2v) is 4.10. The monoisotopic (exact) mass is 258 g/mol. The summed E-state index contributed by atoms with van der Waals surface area (Å²) >= 11 is 11.3. The molecule has 82 valence electrons. The Hall–Kier alpha value is -1.12. The van der Waals surface area contributed by atoms with Gasteiger partial charge in [-0.1, -0.05) is 29.3 Å². The second kappa shape index (κ2) is 4.40. The molecule has 0 heterocycles. The lowest BCUT2D eigenvalue weighted by Gasteiger charge is -2.05. The first kappa shape index (κ1) is 11.4. The highest BCUT2D eigenvalue weighted by Gasteiger charge is 2.08. The number of benzene rings is 2. The smallest absolute Gasteiger partial charge is 0.142 e. The van der Waals surface area contributed by atoms with E-state index in [4.69, 9.17) is 23.2 Å². The first-order valence-corrected chi connectivity index (χ1v) is 5.24. The molecule has 0 fully saturated rings. The van der Waals surface area contributed by atoms with Gasteiger partial charge in [0.15, 0.2) is 0 Å². The Morgan fingerprint density at radius 2 is 1.56 bits per heavy atom. The van der Waals surface area contributed by atoms with Gasteiger partial charge in [0.25, 0.3) is 0 Å². The summed E-state index contributed by atoms with van der Waals surface area (Å²) in [5, 5.41) is 0.401. The van der Waals surface area contributed by atoms with Gasteiger partial charge in [0.2, 0.25) is 0 Å². The maximum Gasteiger partial charge on any atom is 0.142 e. The van der Waals surface area contributed by atoms with E-state index in [1.54, 1.807) is 6.07 Å². The summed E-state index contributed by atoms with van der Waals surface area (Å²) in [6, 6.07) is 8.22. The van der Waals surface area contributed by atoms with E-state index in [2.05, 4.69) is 0 Å². The van der Waals surface area contributed by atoms with Crippen molar-refractivity contribution in [1.82, 2.24) is 0 Å². The van der Waals surface area contributed by atoms with Crippen LogP contribution in [0.5, 0.6) is 0 Å². The Bertz CT molecular complexity index is 539. The summed E-state index contributed by atoms with van der Waals surface area (Å²) in [6.45, 7) is 0. The summed E-state index contributed by atoms with van der Waals surface area (Å²) in [5.41, 5.74) is 0.657. The van der Waals surface area contributed by atoms with Crippen molar-refractivity contribution in [2.45, 2.75) is 0 Å². The van der Waals surface area contributed by atoms with Gasteiger partial charge in [0.1, 0.15) is 11.6 Å². The molecule has 0 amide bonds. The van der Waals surface area contributed by atoms with Gasteiger partial charge in [0.05, 0.1) is 5.02 Å². The highest BCUT2D eigenvalue weighted by Crippen LogP contribution is 2.28. The van der Waals surface area contributed by atoms with Crippen molar-refractivity contribution in [3.05, 3.63) is 58.1 Å². The highest BCUT2D eigenvalue weighted by atomic mass is 35.5. The van der Waals surface area contributed by atoms with Crippen LogP contribution in [0.1, 0.15) is 0 Å². The molecule has 0 nitrogen and oxygen atoms in total. The average Bonchev–Trinajstić information content (AvgIpc) is 2.26. The maximum absolute atomic E-state index is 13.5. The molecule has 0 aliphatic heterocycles. The van der Waals surface area contributed by atoms with Gasteiger partial charge in [0, 0.05) is 10.6 Å². The first-order valence-electron chi connectivity index (χ1n) is 4.48. The third kappa shape index (κ3) is 2.18. The molecule has 0 atom stereocenters. The molecular weight excluding hydrogens is 253 g/mol. The molecule has 0 radical (unpaired) electrons. The third-order valence-electron chi connectivity index (χ3n) is 2.16. The summed E-state index contributed by atoms with van der Waals surface area (Å²) < 4.78 is 26.7. The van der Waals surface area contributed by atoms with Crippen LogP contribution in [0.4, 0.5) is 8.78 Å². The summed E-state index contributed by atoms with van der Waals surface area (Å²) in [4.78, 5) is 0. The van der Waals surface area contributed by atoms with Crippen molar-refractivity contribution < 1.29 is 8.78 Å². The molecule has 0 N–H and O–H groups in total. The Labute approximate surface area is 101 Å². The number of hydrogen-bond donors (Lipinski definition) is 0. The summed E-state index contributed by atoms with van der Waals surface area (Å²) in [5.74, 6) is -1.04. The van der Waals surface area contributed by atoms with Crippen LogP contribution in [-0.2, 0) is 0 Å². The van der Waals surface area contributed by atoms with Crippen LogP contribution in [0.2, 0.25) is 10.0 Å². The van der Waals surface area contributed by atoms with Crippen LogP contribution in [0, 0.1) is 11.6 Å². The average molecular weight is 259 g/mol. The number of halogens is 4. The molecule has 2 aromatic rings. The van der Waals surface area contributed by atoms with Gasteiger partial charge in [-0.25, -0.2) is 8.78 Å². The van der Waals surface area contributed by atoms with E-state index in [1.807, 2.05) is 0 Å². The van der Waals surface area contributed by atoms with Crippen molar-refractivity contribution >= 4 is 23.2 Å². The highest BCUT2D eigenvalue weighted by molar-refractivity contribution is 6.31. The molecule has 0 unspecified atom stereocenters. The molecule has 0 aromatic heterocycles. The quantitative estimate of drug-likeness (QED) is 0.680. The van der Waals surface area contributed by atoms with E-state index >= 15 is 0 Å². The first-order chi connectivity index (χ1) is 7.58. The lowest BCUT2D eigenvalue weighted by molar-refractivity contribution is 0.625. The van der Waals surface area contributed by atoms with Crippen molar-refractivity contribution in [2.24, 2.45) is 0 Å². The lowest BCUT2D eigenvalue weighted by atomic mass is 10.1. The van der Waals surface area contributed by atoms with Crippen molar-refractivity contribution in [1.29, 1.82) is 0 Å². The molecule has 0 aliphatic carbocycles. The zero-order valence-corrected chi connectivity index (χ0v) is 9.49. The van der Waals surface area contributed by atoms with Crippen LogP contribution in [0.3, 0.4) is 0 Å². The molecule has 0 aliphatic rings. The van der Waals surface area contributed by atoms with Gasteiger partial charge in [-0.2, -0.15) is 0 Å². The Morgan fingerprint density at radius 1 is 0.812 bits per heavy atom. The van der Waals surface area contributed by atoms with Gasteiger partial charge >= 0.3 is 0 Å². The van der Waals surface area contributed by atoms with Crippen molar-refractivity contribution in [3.63, 3.8) is 0 Å². The minimum Gasteiger partial charge on any atom is -0.206 e. The van der Waals surface area contributed by atoms with E-state index in [0.29, 0.717) is 10.6 Å². The minimum absolute atomic E-state index is 0.00573. The Balaban J connectivity index is 2.58. The van der Waals surface area contributed by atoms with Crippen LogP contribution in [-0.4, -0.2) is 0 Å². The molecule has 16 heavy (non-hydrogen) atoms. The Kier molecular flexibility index (Phi) is 3.13. The fourth-order valence-electron chi connectivity index (χ4n) is 1.38. The van der Waals surface area contributed by atoms with E-state index < -0.39 is 11.6 Å². The van der Waals surface area contributed by atoms with Crippen molar-refractivity contribution in [3.8, 4) is 11.1 Å². The topological polar surface area (TPSA) is 0 Å². The predicted molar refractivity (Wildman–Crippen MR) is 61.8 cm³/mol. The summed E-state index contributed by atoms with van der Waals surface area (Å²) in [6.07, 6.45) is 0. The number of hydrogen-bond acceptors (Lipinski definition) is 0. The van der Waals surface area contributed by atoms with Gasteiger partial charge < -0.3 is 0 Å². The zero-order valence-electron chi connectivity index (χ0n) is 7.98.